The van der Waals surface area contributed by atoms with Gasteiger partial charge in [0.1, 0.15) is 5.01 Å². The lowest BCUT2D eigenvalue weighted by atomic mass is 10.1. The number of hydrogen-bond donors (Lipinski definition) is 2. The summed E-state index contributed by atoms with van der Waals surface area (Å²) < 4.78 is 64.5. The molecular weight excluding hydrogens is 552 g/mol. The molecule has 0 radical (unpaired) electrons. The van der Waals surface area contributed by atoms with Gasteiger partial charge in [-0.15, -0.1) is 35.3 Å². The average Bonchev–Trinajstić information content (AvgIpc) is 3.35. The maximum absolute atomic E-state index is 13.5. The molecule has 0 bridgehead atoms. The Kier molecular flexibility index (Phi) is 9.28. The summed E-state index contributed by atoms with van der Waals surface area (Å²) >= 11 is 0.922. The molecule has 5 nitrogen and oxygen atoms in total. The Morgan fingerprint density at radius 3 is 2.68 bits per heavy atom. The molecular formula is C19H23F5IN5S. The zero-order chi connectivity index (χ0) is 21.7. The second kappa shape index (κ2) is 11.2. The minimum absolute atomic E-state index is 0. The van der Waals surface area contributed by atoms with Crippen LogP contribution in [0.25, 0.3) is 0 Å². The molecule has 3 rings (SSSR count). The lowest BCUT2D eigenvalue weighted by Crippen LogP contribution is -2.40. The van der Waals surface area contributed by atoms with E-state index < -0.39 is 23.5 Å². The van der Waals surface area contributed by atoms with Crippen LogP contribution < -0.4 is 15.5 Å². The molecule has 1 aromatic heterocycles. The van der Waals surface area contributed by atoms with Crippen LogP contribution >= 0.6 is 35.3 Å². The molecule has 172 valence electrons. The molecule has 2 aromatic rings. The molecule has 12 heteroatoms. The standard InChI is InChI=1S/C19H22F5N5S.HI/c1-2-25-18(27-9-17-28-16(11-30-17)19(22,23)24)26-8-12-5-6-29(10-12)13-3-4-14(20)15(21)7-13;/h3-4,7,11-12H,2,5-6,8-10H2,1H3,(H2,25,26,27);1H. The summed E-state index contributed by atoms with van der Waals surface area (Å²) in [5.74, 6) is -0.983. The van der Waals surface area contributed by atoms with Crippen LogP contribution in [0, 0.1) is 17.6 Å². The molecule has 1 atom stereocenters. The SMILES string of the molecule is CCNC(=NCc1nc(C(F)(F)F)cs1)NCC1CCN(c2ccc(F)c(F)c2)C1.I. The first-order valence-corrected chi connectivity index (χ1v) is 10.4. The van der Waals surface area contributed by atoms with E-state index in [2.05, 4.69) is 20.6 Å². The van der Waals surface area contributed by atoms with Crippen molar-refractivity contribution in [2.75, 3.05) is 31.1 Å². The van der Waals surface area contributed by atoms with Gasteiger partial charge in [-0.3, -0.25) is 0 Å². The quantitative estimate of drug-likeness (QED) is 0.228. The summed E-state index contributed by atoms with van der Waals surface area (Å²) in [5.41, 5.74) is -0.264. The van der Waals surface area contributed by atoms with Crippen LogP contribution in [0.5, 0.6) is 0 Å². The van der Waals surface area contributed by atoms with E-state index >= 15 is 0 Å². The predicted octanol–water partition coefficient (Wildman–Crippen LogP) is 4.64. The molecule has 0 amide bonds. The minimum Gasteiger partial charge on any atom is -0.371 e. The zero-order valence-corrected chi connectivity index (χ0v) is 19.8. The van der Waals surface area contributed by atoms with Gasteiger partial charge in [-0.1, -0.05) is 0 Å². The predicted molar refractivity (Wildman–Crippen MR) is 122 cm³/mol. The zero-order valence-electron chi connectivity index (χ0n) is 16.7. The first-order chi connectivity index (χ1) is 14.3. The number of hydrogen-bond acceptors (Lipinski definition) is 4. The van der Waals surface area contributed by atoms with Crippen LogP contribution in [0.15, 0.2) is 28.6 Å². The van der Waals surface area contributed by atoms with E-state index in [1.54, 1.807) is 6.07 Å². The highest BCUT2D eigenvalue weighted by Crippen LogP contribution is 2.30. The lowest BCUT2D eigenvalue weighted by Gasteiger charge is -2.19. The number of halogens is 6. The Balaban J connectivity index is 0.00000341. The first-order valence-electron chi connectivity index (χ1n) is 9.50. The molecule has 1 aliphatic heterocycles. The summed E-state index contributed by atoms with van der Waals surface area (Å²) in [7, 11) is 0. The third-order valence-electron chi connectivity index (χ3n) is 4.67. The highest BCUT2D eigenvalue weighted by molar-refractivity contribution is 14.0. The van der Waals surface area contributed by atoms with Crippen molar-refractivity contribution in [3.8, 4) is 0 Å². The molecule has 1 fully saturated rings. The van der Waals surface area contributed by atoms with E-state index in [1.165, 1.54) is 6.07 Å². The largest absolute Gasteiger partial charge is 0.434 e. The monoisotopic (exact) mass is 575 g/mol. The van der Waals surface area contributed by atoms with Gasteiger partial charge in [0.15, 0.2) is 23.3 Å². The number of rotatable bonds is 6. The number of anilines is 1. The number of thiazole rings is 1. The first kappa shape index (κ1) is 25.6. The summed E-state index contributed by atoms with van der Waals surface area (Å²) in [5, 5.41) is 7.52. The molecule has 0 aliphatic carbocycles. The summed E-state index contributed by atoms with van der Waals surface area (Å²) in [6, 6.07) is 3.87. The summed E-state index contributed by atoms with van der Waals surface area (Å²) in [6.07, 6.45) is -3.59. The number of alkyl halides is 3. The second-order valence-electron chi connectivity index (χ2n) is 6.90. The Bertz CT molecular complexity index is 889. The molecule has 1 saturated heterocycles. The Labute approximate surface area is 198 Å². The van der Waals surface area contributed by atoms with Gasteiger partial charge in [0, 0.05) is 43.3 Å². The normalized spacial score (nSPS) is 16.9. The fourth-order valence-electron chi connectivity index (χ4n) is 3.16. The van der Waals surface area contributed by atoms with Crippen molar-refractivity contribution in [2.45, 2.75) is 26.1 Å². The van der Waals surface area contributed by atoms with Gasteiger partial charge in [0.2, 0.25) is 0 Å². The van der Waals surface area contributed by atoms with Crippen LogP contribution in [0.2, 0.25) is 0 Å². The highest BCUT2D eigenvalue weighted by Gasteiger charge is 2.33. The van der Waals surface area contributed by atoms with Gasteiger partial charge in [-0.25, -0.2) is 18.8 Å². The van der Waals surface area contributed by atoms with Crippen molar-refractivity contribution in [1.29, 1.82) is 0 Å². The van der Waals surface area contributed by atoms with Gasteiger partial charge in [-0.2, -0.15) is 13.2 Å². The van der Waals surface area contributed by atoms with Crippen molar-refractivity contribution >= 4 is 47.0 Å². The van der Waals surface area contributed by atoms with Crippen LogP contribution in [-0.2, 0) is 12.7 Å². The molecule has 1 aliphatic rings. The molecule has 0 spiro atoms. The van der Waals surface area contributed by atoms with E-state index in [9.17, 15) is 22.0 Å². The second-order valence-corrected chi connectivity index (χ2v) is 7.84. The maximum Gasteiger partial charge on any atom is 0.434 e. The van der Waals surface area contributed by atoms with Crippen molar-refractivity contribution in [2.24, 2.45) is 10.9 Å². The van der Waals surface area contributed by atoms with E-state index in [0.29, 0.717) is 31.3 Å². The van der Waals surface area contributed by atoms with Crippen LogP contribution in [0.4, 0.5) is 27.6 Å². The Morgan fingerprint density at radius 1 is 1.26 bits per heavy atom. The summed E-state index contributed by atoms with van der Waals surface area (Å²) in [4.78, 5) is 9.88. The van der Waals surface area contributed by atoms with E-state index in [0.717, 1.165) is 35.7 Å². The van der Waals surface area contributed by atoms with Crippen molar-refractivity contribution < 1.29 is 22.0 Å². The van der Waals surface area contributed by atoms with Crippen molar-refractivity contribution in [3.05, 3.63) is 45.9 Å². The fourth-order valence-corrected chi connectivity index (χ4v) is 3.88. The molecule has 31 heavy (non-hydrogen) atoms. The molecule has 2 heterocycles. The number of nitrogens with zero attached hydrogens (tertiary/aromatic N) is 3. The van der Waals surface area contributed by atoms with Crippen LogP contribution in [0.1, 0.15) is 24.0 Å². The van der Waals surface area contributed by atoms with Crippen LogP contribution in [0.3, 0.4) is 0 Å². The molecule has 1 unspecified atom stereocenters. The van der Waals surface area contributed by atoms with Gasteiger partial charge in [-0.05, 0) is 31.4 Å². The number of nitrogens with one attached hydrogen (secondary N) is 2. The van der Waals surface area contributed by atoms with E-state index in [-0.39, 0.29) is 41.4 Å². The van der Waals surface area contributed by atoms with Gasteiger partial charge in [0.05, 0.1) is 6.54 Å². The lowest BCUT2D eigenvalue weighted by molar-refractivity contribution is -0.140. The number of guanidine groups is 1. The van der Waals surface area contributed by atoms with Crippen molar-refractivity contribution in [1.82, 2.24) is 15.6 Å². The average molecular weight is 575 g/mol. The minimum atomic E-state index is -4.46. The third-order valence-corrected chi connectivity index (χ3v) is 5.50. The smallest absolute Gasteiger partial charge is 0.371 e. The topological polar surface area (TPSA) is 52.6 Å². The molecule has 2 N–H and O–H groups in total. The number of aliphatic imine (C=N–C) groups is 1. The molecule has 1 aromatic carbocycles. The number of benzene rings is 1. The van der Waals surface area contributed by atoms with Crippen LogP contribution in [-0.4, -0.2) is 37.1 Å². The van der Waals surface area contributed by atoms with E-state index in [1.807, 2.05) is 11.8 Å². The molecule has 0 saturated carbocycles. The highest BCUT2D eigenvalue weighted by atomic mass is 127. The fraction of sp³-hybridized carbons (Fsp3) is 0.474. The van der Waals surface area contributed by atoms with E-state index in [4.69, 9.17) is 0 Å². The van der Waals surface area contributed by atoms with Gasteiger partial charge >= 0.3 is 6.18 Å². The number of aromatic nitrogens is 1. The summed E-state index contributed by atoms with van der Waals surface area (Å²) in [6.45, 7) is 4.54. The van der Waals surface area contributed by atoms with Gasteiger partial charge < -0.3 is 15.5 Å². The Hall–Kier alpha value is -1.70. The maximum atomic E-state index is 13.5. The third kappa shape index (κ3) is 7.16. The van der Waals surface area contributed by atoms with Crippen molar-refractivity contribution in [3.63, 3.8) is 0 Å². The Morgan fingerprint density at radius 2 is 2.03 bits per heavy atom. The van der Waals surface area contributed by atoms with Gasteiger partial charge in [0.25, 0.3) is 0 Å².